The van der Waals surface area contributed by atoms with Crippen molar-refractivity contribution in [3.05, 3.63) is 53.9 Å². The molecule has 1 atom stereocenters. The number of ether oxygens (including phenoxy) is 2. The van der Waals surface area contributed by atoms with E-state index in [2.05, 4.69) is 33.4 Å². The number of piperidine rings is 1. The van der Waals surface area contributed by atoms with Crippen molar-refractivity contribution >= 4 is 0 Å². The molecular weight excluding hydrogens is 338 g/mol. The van der Waals surface area contributed by atoms with Gasteiger partial charge in [-0.1, -0.05) is 18.2 Å². The number of hydrogen-bond acceptors (Lipinski definition) is 5. The van der Waals surface area contributed by atoms with E-state index in [1.54, 1.807) is 7.11 Å². The van der Waals surface area contributed by atoms with Crippen LogP contribution in [-0.4, -0.2) is 49.3 Å². The predicted octanol–water partition coefficient (Wildman–Crippen LogP) is 2.90. The molecule has 1 fully saturated rings. The Morgan fingerprint density at radius 2 is 2.07 bits per heavy atom. The predicted molar refractivity (Wildman–Crippen MR) is 106 cm³/mol. The Morgan fingerprint density at radius 3 is 2.85 bits per heavy atom. The maximum absolute atomic E-state index is 6.00. The van der Waals surface area contributed by atoms with Crippen molar-refractivity contribution in [1.82, 2.24) is 15.2 Å². The topological polar surface area (TPSA) is 46.6 Å². The smallest absolute Gasteiger partial charge is 0.164 e. The van der Waals surface area contributed by atoms with Crippen molar-refractivity contribution in [3.8, 4) is 11.5 Å². The Balaban J connectivity index is 1.21. The molecule has 2 aliphatic heterocycles. The highest BCUT2D eigenvalue weighted by atomic mass is 16.5. The first-order valence-corrected chi connectivity index (χ1v) is 9.96. The summed E-state index contributed by atoms with van der Waals surface area (Å²) in [6.45, 7) is 5.01. The van der Waals surface area contributed by atoms with Gasteiger partial charge in [0.05, 0.1) is 19.4 Å². The molecule has 1 saturated heterocycles. The summed E-state index contributed by atoms with van der Waals surface area (Å²) < 4.78 is 11.4. The maximum atomic E-state index is 6.00. The van der Waals surface area contributed by atoms with Gasteiger partial charge in [0.25, 0.3) is 0 Å². The van der Waals surface area contributed by atoms with E-state index in [1.165, 1.54) is 18.4 Å². The fourth-order valence-corrected chi connectivity index (χ4v) is 4.10. The van der Waals surface area contributed by atoms with Crippen LogP contribution in [0.3, 0.4) is 0 Å². The van der Waals surface area contributed by atoms with Crippen LogP contribution in [0.15, 0.2) is 42.6 Å². The number of benzene rings is 1. The van der Waals surface area contributed by atoms with E-state index >= 15 is 0 Å². The van der Waals surface area contributed by atoms with Crippen LogP contribution in [0.25, 0.3) is 0 Å². The lowest BCUT2D eigenvalue weighted by Gasteiger charge is -2.34. The summed E-state index contributed by atoms with van der Waals surface area (Å²) in [6, 6.07) is 12.9. The van der Waals surface area contributed by atoms with Crippen molar-refractivity contribution in [3.63, 3.8) is 0 Å². The minimum Gasteiger partial charge on any atom is -0.493 e. The number of aromatic nitrogens is 1. The van der Waals surface area contributed by atoms with Crippen molar-refractivity contribution < 1.29 is 9.47 Å². The van der Waals surface area contributed by atoms with E-state index in [1.807, 2.05) is 24.4 Å². The quantitative estimate of drug-likeness (QED) is 0.851. The van der Waals surface area contributed by atoms with Crippen LogP contribution in [0.5, 0.6) is 11.5 Å². The van der Waals surface area contributed by atoms with Crippen molar-refractivity contribution in [1.29, 1.82) is 0 Å². The van der Waals surface area contributed by atoms with Gasteiger partial charge < -0.3 is 14.8 Å². The first kappa shape index (κ1) is 18.3. The van der Waals surface area contributed by atoms with Crippen LogP contribution in [0, 0.1) is 5.92 Å². The van der Waals surface area contributed by atoms with Gasteiger partial charge in [0, 0.05) is 44.3 Å². The van der Waals surface area contributed by atoms with Crippen LogP contribution in [0.1, 0.15) is 24.1 Å². The summed E-state index contributed by atoms with van der Waals surface area (Å²) in [6.07, 6.45) is 5.33. The van der Waals surface area contributed by atoms with E-state index in [9.17, 15) is 0 Å². The summed E-state index contributed by atoms with van der Waals surface area (Å²) in [4.78, 5) is 6.95. The van der Waals surface area contributed by atoms with Gasteiger partial charge in [0.2, 0.25) is 0 Å². The molecule has 0 amide bonds. The number of nitrogens with one attached hydrogen (secondary N) is 1. The molecule has 0 bridgehead atoms. The van der Waals surface area contributed by atoms with Crippen molar-refractivity contribution in [2.24, 2.45) is 5.92 Å². The third-order valence-corrected chi connectivity index (χ3v) is 5.65. The van der Waals surface area contributed by atoms with Gasteiger partial charge in [-0.05, 0) is 43.0 Å². The number of methoxy groups -OCH3 is 1. The number of para-hydroxylation sites is 1. The molecule has 0 saturated carbocycles. The monoisotopic (exact) mass is 367 g/mol. The fourth-order valence-electron chi connectivity index (χ4n) is 4.10. The molecule has 4 rings (SSSR count). The van der Waals surface area contributed by atoms with Gasteiger partial charge in [-0.15, -0.1) is 0 Å². The van der Waals surface area contributed by atoms with Crippen molar-refractivity contribution in [2.75, 3.05) is 33.4 Å². The highest BCUT2D eigenvalue weighted by Crippen LogP contribution is 2.35. The molecule has 1 aromatic carbocycles. The number of pyridine rings is 1. The Bertz CT molecular complexity index is 730. The van der Waals surface area contributed by atoms with E-state index in [0.717, 1.165) is 56.4 Å². The molecule has 27 heavy (non-hydrogen) atoms. The second-order valence-corrected chi connectivity index (χ2v) is 7.61. The zero-order chi connectivity index (χ0) is 18.5. The van der Waals surface area contributed by atoms with Gasteiger partial charge in [0.1, 0.15) is 0 Å². The average Bonchev–Trinajstić information content (AvgIpc) is 2.73. The van der Waals surface area contributed by atoms with Crippen LogP contribution in [0.2, 0.25) is 0 Å². The maximum Gasteiger partial charge on any atom is 0.164 e. The van der Waals surface area contributed by atoms with E-state index in [-0.39, 0.29) is 0 Å². The average molecular weight is 367 g/mol. The summed E-state index contributed by atoms with van der Waals surface area (Å²) in [5.74, 6) is 2.30. The van der Waals surface area contributed by atoms with Crippen LogP contribution in [0.4, 0.5) is 0 Å². The second-order valence-electron chi connectivity index (χ2n) is 7.61. The van der Waals surface area contributed by atoms with Gasteiger partial charge in [0.15, 0.2) is 11.5 Å². The van der Waals surface area contributed by atoms with Gasteiger partial charge >= 0.3 is 0 Å². The second kappa shape index (κ2) is 8.72. The number of likely N-dealkylation sites (tertiary alicyclic amines) is 1. The number of hydrogen-bond donors (Lipinski definition) is 1. The number of fused-ring (bicyclic) bond motifs is 1. The molecule has 1 aromatic heterocycles. The molecule has 0 radical (unpaired) electrons. The molecule has 144 valence electrons. The summed E-state index contributed by atoms with van der Waals surface area (Å²) >= 11 is 0. The Hall–Kier alpha value is -2.11. The Kier molecular flexibility index (Phi) is 5.90. The highest BCUT2D eigenvalue weighted by molar-refractivity contribution is 5.47. The lowest BCUT2D eigenvalue weighted by molar-refractivity contribution is 0.172. The van der Waals surface area contributed by atoms with Gasteiger partial charge in [-0.3, -0.25) is 9.88 Å². The molecule has 2 aliphatic rings. The zero-order valence-corrected chi connectivity index (χ0v) is 16.1. The normalized spacial score (nSPS) is 20.7. The molecule has 0 unspecified atom stereocenters. The molecule has 3 heterocycles. The van der Waals surface area contributed by atoms with Crippen molar-refractivity contribution in [2.45, 2.75) is 31.8 Å². The van der Waals surface area contributed by atoms with Gasteiger partial charge in [-0.25, -0.2) is 0 Å². The lowest BCUT2D eigenvalue weighted by Crippen LogP contribution is -2.44. The van der Waals surface area contributed by atoms with Gasteiger partial charge in [-0.2, -0.15) is 0 Å². The number of rotatable bonds is 6. The lowest BCUT2D eigenvalue weighted by atomic mass is 9.95. The molecule has 5 heteroatoms. The Morgan fingerprint density at radius 1 is 1.19 bits per heavy atom. The summed E-state index contributed by atoms with van der Waals surface area (Å²) in [5.41, 5.74) is 2.43. The van der Waals surface area contributed by atoms with Crippen LogP contribution >= 0.6 is 0 Å². The van der Waals surface area contributed by atoms with E-state index in [0.29, 0.717) is 12.0 Å². The number of nitrogens with zero attached hydrogens (tertiary/aromatic N) is 2. The third kappa shape index (κ3) is 4.60. The zero-order valence-electron chi connectivity index (χ0n) is 16.1. The summed E-state index contributed by atoms with van der Waals surface area (Å²) in [7, 11) is 1.70. The SMILES string of the molecule is COc1cccc2c1OC[C@H](CNC1CCN(Cc3ccccn3)CC1)C2. The Labute approximate surface area is 161 Å². The van der Waals surface area contributed by atoms with Crippen LogP contribution < -0.4 is 14.8 Å². The minimum atomic E-state index is 0.524. The van der Waals surface area contributed by atoms with Crippen LogP contribution in [-0.2, 0) is 13.0 Å². The fraction of sp³-hybridized carbons (Fsp3) is 0.500. The molecule has 5 nitrogen and oxygen atoms in total. The largest absolute Gasteiger partial charge is 0.493 e. The summed E-state index contributed by atoms with van der Waals surface area (Å²) in [5, 5.41) is 3.78. The molecule has 0 aliphatic carbocycles. The minimum absolute atomic E-state index is 0.524. The molecular formula is C22H29N3O2. The first-order valence-electron chi connectivity index (χ1n) is 9.96. The first-order chi connectivity index (χ1) is 13.3. The van der Waals surface area contributed by atoms with E-state index in [4.69, 9.17) is 9.47 Å². The molecule has 2 aromatic rings. The molecule has 1 N–H and O–H groups in total. The van der Waals surface area contributed by atoms with E-state index < -0.39 is 0 Å². The highest BCUT2D eigenvalue weighted by Gasteiger charge is 2.24. The molecule has 0 spiro atoms. The third-order valence-electron chi connectivity index (χ3n) is 5.65. The standard InChI is InChI=1S/C22H29N3O2/c1-26-21-7-4-5-18-13-17(16-27-22(18)21)14-24-19-8-11-25(12-9-19)15-20-6-2-3-10-23-20/h2-7,10,17,19,24H,8-9,11-16H2,1H3/t17-/m0/s1.